The van der Waals surface area contributed by atoms with Crippen LogP contribution in [0.3, 0.4) is 0 Å². The molecule has 3 rings (SSSR count). The van der Waals surface area contributed by atoms with Gasteiger partial charge in [-0.25, -0.2) is 13.1 Å². The van der Waals surface area contributed by atoms with Gasteiger partial charge in [0.2, 0.25) is 10.0 Å². The van der Waals surface area contributed by atoms with Gasteiger partial charge in [-0.05, 0) is 58.0 Å². The molecule has 7 heteroatoms. The van der Waals surface area contributed by atoms with Gasteiger partial charge >= 0.3 is 0 Å². The van der Waals surface area contributed by atoms with Gasteiger partial charge in [-0.3, -0.25) is 14.9 Å². The van der Waals surface area contributed by atoms with Crippen LogP contribution in [0.15, 0.2) is 12.4 Å². The lowest BCUT2D eigenvalue weighted by molar-refractivity contribution is 0.0102. The molecule has 2 fully saturated rings. The summed E-state index contributed by atoms with van der Waals surface area (Å²) < 4.78 is 26.1. The third-order valence-corrected chi connectivity index (χ3v) is 6.64. The number of rotatable bonds is 5. The van der Waals surface area contributed by atoms with Crippen molar-refractivity contribution in [3.63, 3.8) is 0 Å². The first-order valence-electron chi connectivity index (χ1n) is 8.40. The highest BCUT2D eigenvalue weighted by Crippen LogP contribution is 2.49. The van der Waals surface area contributed by atoms with Crippen molar-refractivity contribution >= 4 is 10.0 Å². The number of aromatic nitrogens is 2. The van der Waals surface area contributed by atoms with Crippen molar-refractivity contribution in [3.05, 3.63) is 23.8 Å². The Morgan fingerprint density at radius 2 is 2.00 bits per heavy atom. The van der Waals surface area contributed by atoms with Crippen molar-refractivity contribution in [3.8, 4) is 0 Å². The number of hydrogen-bond acceptors (Lipinski definition) is 5. The van der Waals surface area contributed by atoms with Gasteiger partial charge in [0.25, 0.3) is 0 Å². The molecule has 0 amide bonds. The molecule has 0 bridgehead atoms. The molecule has 1 N–H and O–H groups in total. The molecule has 0 unspecified atom stereocenters. The van der Waals surface area contributed by atoms with Crippen molar-refractivity contribution in [2.75, 3.05) is 18.8 Å². The third-order valence-electron chi connectivity index (χ3n) is 5.19. The SMILES string of the molecule is CCS(=O)(=O)NC1CC2(CCN(Cc3cncc(C)n3)CC2)C1. The van der Waals surface area contributed by atoms with Crippen LogP contribution in [0.2, 0.25) is 0 Å². The standard InChI is InChI=1S/C16H26N4O2S/c1-3-23(21,22)19-14-8-16(9-14)4-6-20(7-5-16)12-15-11-17-10-13(2)18-15/h10-11,14,19H,3-9,12H2,1-2H3. The summed E-state index contributed by atoms with van der Waals surface area (Å²) in [5.74, 6) is 0.168. The van der Waals surface area contributed by atoms with Crippen LogP contribution in [0.5, 0.6) is 0 Å². The van der Waals surface area contributed by atoms with Crippen LogP contribution in [0.1, 0.15) is 44.0 Å². The molecule has 23 heavy (non-hydrogen) atoms. The second-order valence-corrected chi connectivity index (χ2v) is 9.10. The lowest BCUT2D eigenvalue weighted by Crippen LogP contribution is -2.54. The summed E-state index contributed by atoms with van der Waals surface area (Å²) in [4.78, 5) is 11.2. The van der Waals surface area contributed by atoms with E-state index in [1.165, 1.54) is 0 Å². The van der Waals surface area contributed by atoms with E-state index in [-0.39, 0.29) is 11.8 Å². The van der Waals surface area contributed by atoms with E-state index in [1.807, 2.05) is 13.1 Å². The van der Waals surface area contributed by atoms with Crippen LogP contribution in [0.4, 0.5) is 0 Å². The highest BCUT2D eigenvalue weighted by Gasteiger charge is 2.46. The smallest absolute Gasteiger partial charge is 0.211 e. The summed E-state index contributed by atoms with van der Waals surface area (Å²) in [5, 5.41) is 0. The third kappa shape index (κ3) is 4.08. The predicted octanol–water partition coefficient (Wildman–Crippen LogP) is 1.47. The molecule has 128 valence electrons. The van der Waals surface area contributed by atoms with Gasteiger partial charge in [0, 0.05) is 25.0 Å². The first-order valence-corrected chi connectivity index (χ1v) is 10.0. The van der Waals surface area contributed by atoms with Crippen molar-refractivity contribution in [1.29, 1.82) is 0 Å². The minimum absolute atomic E-state index is 0.147. The Kier molecular flexibility index (Phi) is 4.71. The number of nitrogens with one attached hydrogen (secondary N) is 1. The number of piperidine rings is 1. The molecule has 1 aliphatic heterocycles. The summed E-state index contributed by atoms with van der Waals surface area (Å²) in [6.45, 7) is 6.62. The first-order chi connectivity index (χ1) is 10.9. The Morgan fingerprint density at radius 3 is 2.61 bits per heavy atom. The molecule has 1 aliphatic carbocycles. The number of likely N-dealkylation sites (tertiary alicyclic amines) is 1. The summed E-state index contributed by atoms with van der Waals surface area (Å²) in [6.07, 6.45) is 7.90. The van der Waals surface area contributed by atoms with Gasteiger partial charge in [-0.15, -0.1) is 0 Å². The first kappa shape index (κ1) is 16.8. The van der Waals surface area contributed by atoms with E-state index in [0.29, 0.717) is 5.41 Å². The van der Waals surface area contributed by atoms with Crippen LogP contribution in [0.25, 0.3) is 0 Å². The Morgan fingerprint density at radius 1 is 1.30 bits per heavy atom. The molecule has 1 aromatic rings. The number of nitrogens with zero attached hydrogens (tertiary/aromatic N) is 3. The topological polar surface area (TPSA) is 75.2 Å². The van der Waals surface area contributed by atoms with E-state index in [4.69, 9.17) is 0 Å². The van der Waals surface area contributed by atoms with Crippen molar-refractivity contribution in [1.82, 2.24) is 19.6 Å². The molecule has 1 saturated heterocycles. The minimum Gasteiger partial charge on any atom is -0.297 e. The van der Waals surface area contributed by atoms with E-state index in [1.54, 1.807) is 13.1 Å². The average molecular weight is 338 g/mol. The van der Waals surface area contributed by atoms with E-state index >= 15 is 0 Å². The number of aryl methyl sites for hydroxylation is 1. The number of hydrogen-bond donors (Lipinski definition) is 1. The highest BCUT2D eigenvalue weighted by atomic mass is 32.2. The maximum absolute atomic E-state index is 11.6. The maximum Gasteiger partial charge on any atom is 0.211 e. The van der Waals surface area contributed by atoms with Gasteiger partial charge in [-0.1, -0.05) is 0 Å². The summed E-state index contributed by atoms with van der Waals surface area (Å²) in [7, 11) is -3.07. The molecule has 2 aliphatic rings. The zero-order valence-corrected chi connectivity index (χ0v) is 14.8. The Hall–Kier alpha value is -1.05. The molecule has 0 atom stereocenters. The maximum atomic E-state index is 11.6. The zero-order valence-electron chi connectivity index (χ0n) is 14.0. The highest BCUT2D eigenvalue weighted by molar-refractivity contribution is 7.89. The molecule has 1 spiro atoms. The van der Waals surface area contributed by atoms with Crippen molar-refractivity contribution < 1.29 is 8.42 Å². The fourth-order valence-electron chi connectivity index (χ4n) is 3.82. The van der Waals surface area contributed by atoms with E-state index < -0.39 is 10.0 Å². The second-order valence-electron chi connectivity index (χ2n) is 7.05. The summed E-state index contributed by atoms with van der Waals surface area (Å²) >= 11 is 0. The molecule has 1 aromatic heterocycles. The Labute approximate surface area is 138 Å². The van der Waals surface area contributed by atoms with Gasteiger partial charge < -0.3 is 0 Å². The molecule has 6 nitrogen and oxygen atoms in total. The summed E-state index contributed by atoms with van der Waals surface area (Å²) in [5.41, 5.74) is 2.35. The van der Waals surface area contributed by atoms with Crippen LogP contribution in [-0.2, 0) is 16.6 Å². The molecular weight excluding hydrogens is 312 g/mol. The Balaban J connectivity index is 1.46. The fraction of sp³-hybridized carbons (Fsp3) is 0.750. The minimum atomic E-state index is -3.07. The van der Waals surface area contributed by atoms with E-state index in [0.717, 1.165) is 56.7 Å². The molecule has 0 radical (unpaired) electrons. The number of sulfonamides is 1. The van der Waals surface area contributed by atoms with Gasteiger partial charge in [0.1, 0.15) is 0 Å². The molecule has 1 saturated carbocycles. The van der Waals surface area contributed by atoms with Crippen LogP contribution in [0, 0.1) is 12.3 Å². The summed E-state index contributed by atoms with van der Waals surface area (Å²) in [6, 6.07) is 0.147. The quantitative estimate of drug-likeness (QED) is 0.880. The predicted molar refractivity (Wildman–Crippen MR) is 89.3 cm³/mol. The largest absolute Gasteiger partial charge is 0.297 e. The van der Waals surface area contributed by atoms with Crippen LogP contribution >= 0.6 is 0 Å². The van der Waals surface area contributed by atoms with Gasteiger partial charge in [-0.2, -0.15) is 0 Å². The normalized spacial score (nSPS) is 22.2. The second kappa shape index (κ2) is 6.45. The van der Waals surface area contributed by atoms with Crippen molar-refractivity contribution in [2.45, 2.75) is 52.1 Å². The zero-order chi connectivity index (χ0) is 16.5. The monoisotopic (exact) mass is 338 g/mol. The lowest BCUT2D eigenvalue weighted by atomic mass is 9.61. The van der Waals surface area contributed by atoms with Crippen molar-refractivity contribution in [2.24, 2.45) is 5.41 Å². The van der Waals surface area contributed by atoms with E-state index in [2.05, 4.69) is 19.6 Å². The molecule has 0 aromatic carbocycles. The van der Waals surface area contributed by atoms with Crippen LogP contribution in [-0.4, -0.2) is 48.2 Å². The Bertz CT molecular complexity index is 646. The van der Waals surface area contributed by atoms with Gasteiger partial charge in [0.15, 0.2) is 0 Å². The average Bonchev–Trinajstić information content (AvgIpc) is 2.48. The van der Waals surface area contributed by atoms with Crippen LogP contribution < -0.4 is 4.72 Å². The van der Waals surface area contributed by atoms with E-state index in [9.17, 15) is 8.42 Å². The molecular formula is C16H26N4O2S. The lowest BCUT2D eigenvalue weighted by Gasteiger charge is -2.52. The van der Waals surface area contributed by atoms with Gasteiger partial charge in [0.05, 0.1) is 17.1 Å². The fourth-order valence-corrected chi connectivity index (χ4v) is 4.66. The molecule has 2 heterocycles.